The minimum Gasteiger partial charge on any atom is -0.490 e. The van der Waals surface area contributed by atoms with Gasteiger partial charge in [0.1, 0.15) is 18.5 Å². The molecule has 114 valence electrons. The zero-order valence-corrected chi connectivity index (χ0v) is 12.1. The maximum Gasteiger partial charge on any atom is 0.162 e. The van der Waals surface area contributed by atoms with E-state index in [0.717, 1.165) is 0 Å². The summed E-state index contributed by atoms with van der Waals surface area (Å²) in [5.74, 6) is 0.335. The Morgan fingerprint density at radius 2 is 1.95 bits per heavy atom. The first-order valence-electron chi connectivity index (χ1n) is 6.88. The number of rotatable bonds is 6. The molecule has 2 aromatic carbocycles. The summed E-state index contributed by atoms with van der Waals surface area (Å²) in [6.07, 6.45) is -1.09. The third kappa shape index (κ3) is 3.74. The molecule has 1 atom stereocenters. The lowest BCUT2D eigenvalue weighted by molar-refractivity contribution is 0.103. The fourth-order valence-electron chi connectivity index (χ4n) is 1.97. The van der Waals surface area contributed by atoms with Crippen molar-refractivity contribution in [2.45, 2.75) is 13.0 Å². The summed E-state index contributed by atoms with van der Waals surface area (Å²) in [5, 5.41) is 18.9. The van der Waals surface area contributed by atoms with Crippen LogP contribution >= 0.6 is 0 Å². The number of hydrogen-bond donors (Lipinski definition) is 1. The van der Waals surface area contributed by atoms with Gasteiger partial charge in [-0.3, -0.25) is 0 Å². The molecular weight excluding hydrogens is 285 g/mol. The molecule has 0 amide bonds. The van der Waals surface area contributed by atoms with Crippen LogP contribution in [-0.2, 0) is 0 Å². The van der Waals surface area contributed by atoms with Crippen LogP contribution in [-0.4, -0.2) is 18.3 Å². The molecule has 2 aromatic rings. The molecule has 5 heteroatoms. The van der Waals surface area contributed by atoms with Gasteiger partial charge < -0.3 is 14.6 Å². The van der Waals surface area contributed by atoms with E-state index in [1.807, 2.05) is 13.0 Å². The van der Waals surface area contributed by atoms with Crippen LogP contribution in [0.15, 0.2) is 42.5 Å². The van der Waals surface area contributed by atoms with E-state index in [9.17, 15) is 9.50 Å². The van der Waals surface area contributed by atoms with E-state index in [1.165, 1.54) is 12.1 Å². The Kier molecular flexibility index (Phi) is 5.34. The molecule has 0 radical (unpaired) electrons. The van der Waals surface area contributed by atoms with E-state index in [1.54, 1.807) is 30.3 Å². The Balaban J connectivity index is 2.11. The maximum absolute atomic E-state index is 13.6. The van der Waals surface area contributed by atoms with Crippen molar-refractivity contribution in [2.24, 2.45) is 0 Å². The zero-order chi connectivity index (χ0) is 15.9. The molecule has 0 spiro atoms. The van der Waals surface area contributed by atoms with Crippen LogP contribution in [0.4, 0.5) is 4.39 Å². The standard InChI is InChI=1S/C17H16FNO3/c1-2-21-17-9-12(10-19)7-8-16(17)22-11-15(20)13-5-3-4-6-14(13)18/h3-9,15,20H,2,11H2,1H3/t15-/m0/s1. The molecule has 0 aliphatic carbocycles. The Morgan fingerprint density at radius 1 is 1.18 bits per heavy atom. The van der Waals surface area contributed by atoms with Crippen LogP contribution in [0.1, 0.15) is 24.2 Å². The minimum absolute atomic E-state index is 0.118. The van der Waals surface area contributed by atoms with E-state index in [2.05, 4.69) is 0 Å². The quantitative estimate of drug-likeness (QED) is 0.890. The molecule has 0 bridgehead atoms. The van der Waals surface area contributed by atoms with Crippen molar-refractivity contribution in [2.75, 3.05) is 13.2 Å². The van der Waals surface area contributed by atoms with Gasteiger partial charge in [0.05, 0.1) is 18.2 Å². The first-order chi connectivity index (χ1) is 10.7. The van der Waals surface area contributed by atoms with Gasteiger partial charge in [0.25, 0.3) is 0 Å². The summed E-state index contributed by atoms with van der Waals surface area (Å²) in [5.41, 5.74) is 0.625. The van der Waals surface area contributed by atoms with Crippen molar-refractivity contribution in [1.29, 1.82) is 5.26 Å². The number of ether oxygens (including phenoxy) is 2. The number of halogens is 1. The van der Waals surface area contributed by atoms with E-state index < -0.39 is 11.9 Å². The minimum atomic E-state index is -1.09. The SMILES string of the molecule is CCOc1cc(C#N)ccc1OC[C@H](O)c1ccccc1F. The van der Waals surface area contributed by atoms with Crippen molar-refractivity contribution in [1.82, 2.24) is 0 Å². The van der Waals surface area contributed by atoms with Gasteiger partial charge in [-0.05, 0) is 25.1 Å². The maximum atomic E-state index is 13.6. The summed E-state index contributed by atoms with van der Waals surface area (Å²) in [7, 11) is 0. The molecule has 4 nitrogen and oxygen atoms in total. The normalized spacial score (nSPS) is 11.5. The molecule has 0 aromatic heterocycles. The summed E-state index contributed by atoms with van der Waals surface area (Å²) in [4.78, 5) is 0. The number of benzene rings is 2. The molecule has 0 unspecified atom stereocenters. The molecule has 0 saturated carbocycles. The number of aliphatic hydroxyl groups is 1. The summed E-state index contributed by atoms with van der Waals surface area (Å²) in [6.45, 7) is 2.12. The highest BCUT2D eigenvalue weighted by Crippen LogP contribution is 2.29. The van der Waals surface area contributed by atoms with E-state index in [4.69, 9.17) is 14.7 Å². The number of aliphatic hydroxyl groups excluding tert-OH is 1. The summed E-state index contributed by atoms with van der Waals surface area (Å²) in [6, 6.07) is 12.8. The van der Waals surface area contributed by atoms with Crippen molar-refractivity contribution < 1.29 is 19.0 Å². The van der Waals surface area contributed by atoms with E-state index in [-0.39, 0.29) is 12.2 Å². The smallest absolute Gasteiger partial charge is 0.162 e. The second-order valence-electron chi connectivity index (χ2n) is 4.55. The second-order valence-corrected chi connectivity index (χ2v) is 4.55. The van der Waals surface area contributed by atoms with Gasteiger partial charge in [0.15, 0.2) is 11.5 Å². The van der Waals surface area contributed by atoms with Crippen molar-refractivity contribution in [3.8, 4) is 17.6 Å². The van der Waals surface area contributed by atoms with E-state index in [0.29, 0.717) is 23.7 Å². The van der Waals surface area contributed by atoms with Crippen molar-refractivity contribution in [3.05, 3.63) is 59.4 Å². The highest BCUT2D eigenvalue weighted by molar-refractivity contribution is 5.46. The van der Waals surface area contributed by atoms with Crippen molar-refractivity contribution in [3.63, 3.8) is 0 Å². The topological polar surface area (TPSA) is 62.5 Å². The molecule has 1 N–H and O–H groups in total. The van der Waals surface area contributed by atoms with Crippen LogP contribution in [0, 0.1) is 17.1 Å². The van der Waals surface area contributed by atoms with Crippen LogP contribution in [0.2, 0.25) is 0 Å². The molecule has 0 saturated heterocycles. The Labute approximate surface area is 128 Å². The fraction of sp³-hybridized carbons (Fsp3) is 0.235. The molecule has 0 fully saturated rings. The average molecular weight is 301 g/mol. The number of nitriles is 1. The third-order valence-electron chi connectivity index (χ3n) is 3.03. The van der Waals surface area contributed by atoms with Gasteiger partial charge >= 0.3 is 0 Å². The van der Waals surface area contributed by atoms with Gasteiger partial charge in [-0.1, -0.05) is 18.2 Å². The lowest BCUT2D eigenvalue weighted by atomic mass is 10.1. The molecular formula is C17H16FNO3. The summed E-state index contributed by atoms with van der Waals surface area (Å²) >= 11 is 0. The van der Waals surface area contributed by atoms with Crippen LogP contribution < -0.4 is 9.47 Å². The van der Waals surface area contributed by atoms with Crippen molar-refractivity contribution >= 4 is 0 Å². The Hall–Kier alpha value is -2.58. The predicted octanol–water partition coefficient (Wildman–Crippen LogP) is 3.21. The van der Waals surface area contributed by atoms with Gasteiger partial charge in [-0.15, -0.1) is 0 Å². The van der Waals surface area contributed by atoms with Crippen LogP contribution in [0.5, 0.6) is 11.5 Å². The van der Waals surface area contributed by atoms with Crippen LogP contribution in [0.3, 0.4) is 0 Å². The fourth-order valence-corrected chi connectivity index (χ4v) is 1.97. The first-order valence-corrected chi connectivity index (χ1v) is 6.88. The average Bonchev–Trinajstić information content (AvgIpc) is 2.54. The summed E-state index contributed by atoms with van der Waals surface area (Å²) < 4.78 is 24.5. The first kappa shape index (κ1) is 15.8. The molecule has 0 aliphatic heterocycles. The third-order valence-corrected chi connectivity index (χ3v) is 3.03. The van der Waals surface area contributed by atoms with Gasteiger partial charge in [0, 0.05) is 11.6 Å². The number of nitrogens with zero attached hydrogens (tertiary/aromatic N) is 1. The van der Waals surface area contributed by atoms with E-state index >= 15 is 0 Å². The predicted molar refractivity (Wildman–Crippen MR) is 79.2 cm³/mol. The zero-order valence-electron chi connectivity index (χ0n) is 12.1. The van der Waals surface area contributed by atoms with Crippen LogP contribution in [0.25, 0.3) is 0 Å². The Bertz CT molecular complexity index is 682. The second kappa shape index (κ2) is 7.43. The molecule has 0 heterocycles. The lowest BCUT2D eigenvalue weighted by Crippen LogP contribution is -2.12. The highest BCUT2D eigenvalue weighted by atomic mass is 19.1. The Morgan fingerprint density at radius 3 is 2.64 bits per heavy atom. The van der Waals surface area contributed by atoms with Gasteiger partial charge in [-0.2, -0.15) is 5.26 Å². The molecule has 22 heavy (non-hydrogen) atoms. The molecule has 2 rings (SSSR count). The largest absolute Gasteiger partial charge is 0.490 e. The van der Waals surface area contributed by atoms with Gasteiger partial charge in [0.2, 0.25) is 0 Å². The highest BCUT2D eigenvalue weighted by Gasteiger charge is 2.14. The monoisotopic (exact) mass is 301 g/mol. The van der Waals surface area contributed by atoms with Gasteiger partial charge in [-0.25, -0.2) is 4.39 Å². The lowest BCUT2D eigenvalue weighted by Gasteiger charge is -2.16. The number of hydrogen-bond acceptors (Lipinski definition) is 4. The molecule has 0 aliphatic rings.